The number of fused-ring (bicyclic) bond motifs is 1. The Kier molecular flexibility index (Phi) is 10.3. The highest BCUT2D eigenvalue weighted by Gasteiger charge is 2.32. The van der Waals surface area contributed by atoms with Gasteiger partial charge in [-0.1, -0.05) is 93.1 Å². The normalized spacial score (nSPS) is 21.0. The van der Waals surface area contributed by atoms with Crippen LogP contribution in [0.15, 0.2) is 66.7 Å². The maximum Gasteiger partial charge on any atom is 0.251 e. The number of hydrogen-bond donors (Lipinski definition) is 2. The molecule has 3 aromatic rings. The minimum Gasteiger partial charge on any atom is -0.350 e. The Morgan fingerprint density at radius 1 is 0.976 bits per heavy atom. The van der Waals surface area contributed by atoms with Gasteiger partial charge in [-0.05, 0) is 72.2 Å². The average molecular weight is 574 g/mol. The van der Waals surface area contributed by atoms with E-state index in [1.54, 1.807) is 0 Å². The molecular weight excluding hydrogens is 530 g/mol. The van der Waals surface area contributed by atoms with Crippen molar-refractivity contribution in [3.05, 3.63) is 82.9 Å². The number of carbonyl (C=O) groups excluding carboxylic acids is 2. The summed E-state index contributed by atoms with van der Waals surface area (Å²) in [5, 5.41) is 9.52. The topological polar surface area (TPSA) is 61.4 Å². The van der Waals surface area contributed by atoms with Crippen molar-refractivity contribution in [3.63, 3.8) is 0 Å². The number of benzene rings is 3. The van der Waals surface area contributed by atoms with E-state index < -0.39 is 0 Å². The van der Waals surface area contributed by atoms with Crippen LogP contribution in [0.3, 0.4) is 0 Å². The Morgan fingerprint density at radius 2 is 1.73 bits per heavy atom. The van der Waals surface area contributed by atoms with Gasteiger partial charge in [0.15, 0.2) is 0 Å². The number of rotatable bonds is 10. The summed E-state index contributed by atoms with van der Waals surface area (Å²) < 4.78 is 0. The fraction of sp³-hybridized carbons (Fsp3) is 0.486. The Hall–Kier alpha value is -2.89. The van der Waals surface area contributed by atoms with Crippen LogP contribution in [0.1, 0.15) is 86.6 Å². The number of halogens is 1. The lowest BCUT2D eigenvalue weighted by Crippen LogP contribution is -2.49. The summed E-state index contributed by atoms with van der Waals surface area (Å²) in [6.45, 7) is 4.14. The van der Waals surface area contributed by atoms with Gasteiger partial charge < -0.3 is 15.5 Å². The van der Waals surface area contributed by atoms with Gasteiger partial charge in [0.1, 0.15) is 0 Å². The average Bonchev–Trinajstić information content (AvgIpc) is 3.16. The zero-order valence-corrected chi connectivity index (χ0v) is 25.0. The van der Waals surface area contributed by atoms with Gasteiger partial charge in [0.05, 0.1) is 6.04 Å². The van der Waals surface area contributed by atoms with E-state index in [4.69, 9.17) is 11.6 Å². The first kappa shape index (κ1) is 29.6. The van der Waals surface area contributed by atoms with Crippen LogP contribution in [0.25, 0.3) is 10.8 Å². The van der Waals surface area contributed by atoms with Crippen LogP contribution in [-0.4, -0.2) is 48.4 Å². The summed E-state index contributed by atoms with van der Waals surface area (Å²) in [5.74, 6) is 1.17. The summed E-state index contributed by atoms with van der Waals surface area (Å²) in [5.41, 5.74) is 1.92. The van der Waals surface area contributed by atoms with Gasteiger partial charge in [-0.2, -0.15) is 0 Å². The molecule has 0 radical (unpaired) electrons. The van der Waals surface area contributed by atoms with Gasteiger partial charge in [-0.25, -0.2) is 0 Å². The van der Waals surface area contributed by atoms with Gasteiger partial charge in [0.2, 0.25) is 5.91 Å². The Labute approximate surface area is 250 Å². The van der Waals surface area contributed by atoms with Crippen molar-refractivity contribution < 1.29 is 9.59 Å². The van der Waals surface area contributed by atoms with Crippen LogP contribution in [0.2, 0.25) is 5.02 Å². The van der Waals surface area contributed by atoms with Crippen molar-refractivity contribution in [1.82, 2.24) is 15.5 Å². The summed E-state index contributed by atoms with van der Waals surface area (Å²) >= 11 is 6.12. The fourth-order valence-corrected chi connectivity index (χ4v) is 6.83. The Balaban J connectivity index is 1.26. The second kappa shape index (κ2) is 14.3. The monoisotopic (exact) mass is 573 g/mol. The number of hydrogen-bond acceptors (Lipinski definition) is 3. The first-order valence-corrected chi connectivity index (χ1v) is 15.9. The van der Waals surface area contributed by atoms with Crippen LogP contribution in [-0.2, 0) is 4.79 Å². The first-order chi connectivity index (χ1) is 20.0. The zero-order chi connectivity index (χ0) is 28.6. The molecule has 1 aliphatic heterocycles. The minimum atomic E-state index is -0.208. The number of nitrogens with zero attached hydrogens (tertiary/aromatic N) is 1. The summed E-state index contributed by atoms with van der Waals surface area (Å²) in [6.07, 6.45) is 10.3. The van der Waals surface area contributed by atoms with E-state index in [-0.39, 0.29) is 23.9 Å². The predicted octanol–water partition coefficient (Wildman–Crippen LogP) is 7.34. The maximum atomic E-state index is 13.9. The third-order valence-electron chi connectivity index (χ3n) is 9.16. The summed E-state index contributed by atoms with van der Waals surface area (Å²) in [6, 6.07) is 21.8. The largest absolute Gasteiger partial charge is 0.350 e. The Bertz CT molecular complexity index is 1310. The molecule has 0 spiro atoms. The molecule has 1 saturated heterocycles. The van der Waals surface area contributed by atoms with Gasteiger partial charge in [-0.3, -0.25) is 9.59 Å². The molecule has 5 nitrogen and oxygen atoms in total. The molecule has 218 valence electrons. The first-order valence-electron chi connectivity index (χ1n) is 15.6. The second-order valence-corrected chi connectivity index (χ2v) is 12.4. The molecule has 1 heterocycles. The molecule has 0 unspecified atom stereocenters. The molecule has 1 aliphatic carbocycles. The molecule has 3 atom stereocenters. The highest BCUT2D eigenvalue weighted by molar-refractivity contribution is 6.31. The van der Waals surface area contributed by atoms with Gasteiger partial charge in [0, 0.05) is 42.2 Å². The number of nitrogens with one attached hydrogen (secondary N) is 2. The zero-order valence-electron chi connectivity index (χ0n) is 24.3. The maximum absolute atomic E-state index is 13.9. The SMILES string of the molecule is CC[C@H](CN1CC[C@H](CNC(=O)c2ccc3cc(Cl)ccc3c2)N[C@H](CCC2CCCCC2)C1=O)c1ccccc1. The van der Waals surface area contributed by atoms with E-state index in [9.17, 15) is 9.59 Å². The van der Waals surface area contributed by atoms with E-state index in [1.165, 1.54) is 37.7 Å². The van der Waals surface area contributed by atoms with Gasteiger partial charge in [-0.15, -0.1) is 0 Å². The van der Waals surface area contributed by atoms with Crippen LogP contribution in [0.5, 0.6) is 0 Å². The molecular formula is C35H44ClN3O2. The number of carbonyl (C=O) groups is 2. The second-order valence-electron chi connectivity index (χ2n) is 12.0. The van der Waals surface area contributed by atoms with Crippen LogP contribution >= 0.6 is 11.6 Å². The number of amides is 2. The highest BCUT2D eigenvalue weighted by atomic mass is 35.5. The lowest BCUT2D eigenvalue weighted by molar-refractivity contribution is -0.133. The van der Waals surface area contributed by atoms with Crippen molar-refractivity contribution >= 4 is 34.2 Å². The Morgan fingerprint density at radius 3 is 2.51 bits per heavy atom. The van der Waals surface area contributed by atoms with E-state index in [0.29, 0.717) is 29.6 Å². The molecule has 41 heavy (non-hydrogen) atoms. The fourth-order valence-electron chi connectivity index (χ4n) is 6.65. The van der Waals surface area contributed by atoms with Gasteiger partial charge >= 0.3 is 0 Å². The molecule has 0 bridgehead atoms. The minimum absolute atomic E-state index is 0.0420. The summed E-state index contributed by atoms with van der Waals surface area (Å²) in [7, 11) is 0. The predicted molar refractivity (Wildman–Crippen MR) is 168 cm³/mol. The summed E-state index contributed by atoms with van der Waals surface area (Å²) in [4.78, 5) is 29.1. The van der Waals surface area contributed by atoms with Crippen LogP contribution in [0, 0.1) is 5.92 Å². The molecule has 5 rings (SSSR count). The van der Waals surface area contributed by atoms with Crippen LogP contribution in [0.4, 0.5) is 0 Å². The molecule has 2 amide bonds. The quantitative estimate of drug-likeness (QED) is 0.267. The molecule has 2 aliphatic rings. The molecule has 3 aromatic carbocycles. The van der Waals surface area contributed by atoms with Gasteiger partial charge in [0.25, 0.3) is 5.91 Å². The lowest BCUT2D eigenvalue weighted by atomic mass is 9.85. The molecule has 1 saturated carbocycles. The van der Waals surface area contributed by atoms with Crippen molar-refractivity contribution in [2.75, 3.05) is 19.6 Å². The highest BCUT2D eigenvalue weighted by Crippen LogP contribution is 2.29. The van der Waals surface area contributed by atoms with Crippen LogP contribution < -0.4 is 10.6 Å². The molecule has 6 heteroatoms. The van der Waals surface area contributed by atoms with Crippen molar-refractivity contribution in [3.8, 4) is 0 Å². The lowest BCUT2D eigenvalue weighted by Gasteiger charge is -2.29. The third-order valence-corrected chi connectivity index (χ3v) is 9.40. The molecule has 2 fully saturated rings. The van der Waals surface area contributed by atoms with E-state index in [1.807, 2.05) is 42.5 Å². The van der Waals surface area contributed by atoms with Crippen molar-refractivity contribution in [1.29, 1.82) is 0 Å². The van der Waals surface area contributed by atoms with Crippen molar-refractivity contribution in [2.45, 2.75) is 82.7 Å². The van der Waals surface area contributed by atoms with E-state index >= 15 is 0 Å². The van der Waals surface area contributed by atoms with E-state index in [0.717, 1.165) is 48.9 Å². The van der Waals surface area contributed by atoms with Crippen molar-refractivity contribution in [2.24, 2.45) is 5.92 Å². The van der Waals surface area contributed by atoms with E-state index in [2.05, 4.69) is 46.7 Å². The standard InChI is InChI=1S/C35H44ClN3O2/c1-2-26(27-11-7-4-8-12-27)24-39-20-19-32(38-33(35(39)41)18-13-25-9-5-3-6-10-25)23-37-34(40)30-15-14-29-22-31(36)17-16-28(29)21-30/h4,7-8,11-12,14-17,21-22,25-26,32-33,38H,2-3,5-6,9-10,13,18-20,23-24H2,1H3,(H,37,40)/t26-,32-,33-/m1/s1. The molecule has 0 aromatic heterocycles. The third kappa shape index (κ3) is 7.90. The smallest absolute Gasteiger partial charge is 0.251 e. The molecule has 2 N–H and O–H groups in total.